The minimum Gasteiger partial charge on any atom is -0.328 e. The van der Waals surface area contributed by atoms with Gasteiger partial charge in [0, 0.05) is 24.9 Å². The van der Waals surface area contributed by atoms with E-state index in [4.69, 9.17) is 5.73 Å². The number of nitrogens with two attached hydrogens (primary N) is 1. The largest absolute Gasteiger partial charge is 0.389 e. The molecule has 0 saturated carbocycles. The van der Waals surface area contributed by atoms with Crippen LogP contribution in [-0.2, 0) is 6.42 Å². The molecule has 0 amide bonds. The van der Waals surface area contributed by atoms with Crippen molar-refractivity contribution >= 4 is 0 Å². The van der Waals surface area contributed by atoms with E-state index in [0.29, 0.717) is 12.8 Å². The molecule has 2 N–H and O–H groups in total. The molecule has 1 atom stereocenters. The highest BCUT2D eigenvalue weighted by atomic mass is 19.4. The first-order valence-electron chi connectivity index (χ1n) is 5.18. The maximum atomic E-state index is 11.9. The summed E-state index contributed by atoms with van der Waals surface area (Å²) >= 11 is 0. The van der Waals surface area contributed by atoms with Crippen molar-refractivity contribution in [3.05, 3.63) is 30.1 Å². The lowest BCUT2D eigenvalue weighted by atomic mass is 10.0. The molecular weight excluding hydrogens is 217 g/mol. The molecule has 0 fully saturated rings. The first kappa shape index (κ1) is 13.0. The van der Waals surface area contributed by atoms with Gasteiger partial charge in [-0.3, -0.25) is 4.98 Å². The molecule has 90 valence electrons. The Bertz CT molecular complexity index is 298. The van der Waals surface area contributed by atoms with Crippen LogP contribution in [-0.4, -0.2) is 17.2 Å². The SMILES string of the molecule is NC(CCc1ccncc1)CCC(F)(F)F. The lowest BCUT2D eigenvalue weighted by Gasteiger charge is -2.12. The molecule has 0 aliphatic carbocycles. The van der Waals surface area contributed by atoms with Crippen LogP contribution in [0, 0.1) is 0 Å². The van der Waals surface area contributed by atoms with Crippen molar-refractivity contribution in [1.29, 1.82) is 0 Å². The summed E-state index contributed by atoms with van der Waals surface area (Å²) in [5, 5.41) is 0. The number of hydrogen-bond acceptors (Lipinski definition) is 2. The molecule has 1 unspecified atom stereocenters. The summed E-state index contributed by atoms with van der Waals surface area (Å²) < 4.78 is 35.7. The molecule has 1 rings (SSSR count). The van der Waals surface area contributed by atoms with E-state index in [2.05, 4.69) is 4.98 Å². The van der Waals surface area contributed by atoms with Gasteiger partial charge in [0.2, 0.25) is 0 Å². The quantitative estimate of drug-likeness (QED) is 0.847. The molecule has 0 aliphatic rings. The number of aromatic nitrogens is 1. The van der Waals surface area contributed by atoms with Crippen LogP contribution in [0.25, 0.3) is 0 Å². The summed E-state index contributed by atoms with van der Waals surface area (Å²) in [5.41, 5.74) is 6.67. The Morgan fingerprint density at radius 1 is 1.19 bits per heavy atom. The van der Waals surface area contributed by atoms with Crippen molar-refractivity contribution in [3.63, 3.8) is 0 Å². The topological polar surface area (TPSA) is 38.9 Å². The van der Waals surface area contributed by atoms with E-state index in [1.54, 1.807) is 12.4 Å². The Morgan fingerprint density at radius 2 is 1.81 bits per heavy atom. The van der Waals surface area contributed by atoms with Crippen LogP contribution >= 0.6 is 0 Å². The molecule has 0 spiro atoms. The Labute approximate surface area is 92.7 Å². The Hall–Kier alpha value is -1.10. The molecule has 2 nitrogen and oxygen atoms in total. The molecule has 0 aliphatic heterocycles. The fourth-order valence-corrected chi connectivity index (χ4v) is 1.39. The first-order chi connectivity index (χ1) is 7.47. The molecular formula is C11H15F3N2. The fourth-order valence-electron chi connectivity index (χ4n) is 1.39. The van der Waals surface area contributed by atoms with Crippen LogP contribution in [0.2, 0.25) is 0 Å². The second-order valence-corrected chi connectivity index (χ2v) is 3.81. The van der Waals surface area contributed by atoms with Crippen molar-refractivity contribution in [2.24, 2.45) is 5.73 Å². The number of halogens is 3. The molecule has 1 aromatic heterocycles. The highest BCUT2D eigenvalue weighted by Gasteiger charge is 2.27. The third-order valence-electron chi connectivity index (χ3n) is 2.35. The lowest BCUT2D eigenvalue weighted by molar-refractivity contribution is -0.136. The Morgan fingerprint density at radius 3 is 2.38 bits per heavy atom. The standard InChI is InChI=1S/C11H15F3N2/c12-11(13,14)6-3-10(15)2-1-9-4-7-16-8-5-9/h4-5,7-8,10H,1-3,6,15H2. The normalized spacial score (nSPS) is 13.8. The number of nitrogens with zero attached hydrogens (tertiary/aromatic N) is 1. The average Bonchev–Trinajstić information content (AvgIpc) is 2.24. The highest BCUT2D eigenvalue weighted by Crippen LogP contribution is 2.22. The minimum absolute atomic E-state index is 0.00537. The zero-order chi connectivity index (χ0) is 12.0. The van der Waals surface area contributed by atoms with E-state index in [1.165, 1.54) is 0 Å². The summed E-state index contributed by atoms with van der Waals surface area (Å²) in [5.74, 6) is 0. The monoisotopic (exact) mass is 232 g/mol. The summed E-state index contributed by atoms with van der Waals surface area (Å²) in [7, 11) is 0. The Balaban J connectivity index is 2.23. The lowest BCUT2D eigenvalue weighted by Crippen LogP contribution is -2.23. The van der Waals surface area contributed by atoms with Crippen LogP contribution in [0.4, 0.5) is 13.2 Å². The van der Waals surface area contributed by atoms with Crippen LogP contribution in [0.15, 0.2) is 24.5 Å². The number of hydrogen-bond donors (Lipinski definition) is 1. The van der Waals surface area contributed by atoms with Crippen molar-refractivity contribution in [2.75, 3.05) is 0 Å². The zero-order valence-electron chi connectivity index (χ0n) is 8.87. The van der Waals surface area contributed by atoms with Gasteiger partial charge in [-0.25, -0.2) is 0 Å². The molecule has 5 heteroatoms. The van der Waals surface area contributed by atoms with Gasteiger partial charge >= 0.3 is 6.18 Å². The summed E-state index contributed by atoms with van der Waals surface area (Å²) in [4.78, 5) is 3.86. The molecule has 0 saturated heterocycles. The third kappa shape index (κ3) is 5.70. The van der Waals surface area contributed by atoms with Gasteiger partial charge in [0.25, 0.3) is 0 Å². The molecule has 1 aromatic rings. The molecule has 0 aromatic carbocycles. The van der Waals surface area contributed by atoms with Gasteiger partial charge in [0.05, 0.1) is 0 Å². The van der Waals surface area contributed by atoms with Crippen molar-refractivity contribution in [3.8, 4) is 0 Å². The van der Waals surface area contributed by atoms with Gasteiger partial charge in [-0.2, -0.15) is 13.2 Å². The van der Waals surface area contributed by atoms with E-state index in [-0.39, 0.29) is 6.42 Å². The fraction of sp³-hybridized carbons (Fsp3) is 0.545. The van der Waals surface area contributed by atoms with Gasteiger partial charge in [-0.1, -0.05) is 0 Å². The minimum atomic E-state index is -4.10. The number of pyridine rings is 1. The van der Waals surface area contributed by atoms with Gasteiger partial charge in [0.1, 0.15) is 0 Å². The molecule has 0 radical (unpaired) electrons. The van der Waals surface area contributed by atoms with E-state index in [0.717, 1.165) is 5.56 Å². The molecule has 16 heavy (non-hydrogen) atoms. The second-order valence-electron chi connectivity index (χ2n) is 3.81. The summed E-state index contributed by atoms with van der Waals surface area (Å²) in [6.07, 6.45) is -0.317. The third-order valence-corrected chi connectivity index (χ3v) is 2.35. The van der Waals surface area contributed by atoms with E-state index in [1.807, 2.05) is 12.1 Å². The number of rotatable bonds is 5. The van der Waals surface area contributed by atoms with Crippen molar-refractivity contribution < 1.29 is 13.2 Å². The zero-order valence-corrected chi connectivity index (χ0v) is 8.87. The predicted molar refractivity (Wildman–Crippen MR) is 55.8 cm³/mol. The second kappa shape index (κ2) is 5.84. The van der Waals surface area contributed by atoms with Crippen LogP contribution < -0.4 is 5.73 Å². The predicted octanol–water partition coefficient (Wildman–Crippen LogP) is 2.68. The van der Waals surface area contributed by atoms with E-state index < -0.39 is 18.6 Å². The van der Waals surface area contributed by atoms with Gasteiger partial charge in [-0.05, 0) is 37.0 Å². The van der Waals surface area contributed by atoms with Crippen LogP contribution in [0.5, 0.6) is 0 Å². The average molecular weight is 232 g/mol. The smallest absolute Gasteiger partial charge is 0.328 e. The molecule has 1 heterocycles. The summed E-state index contributed by atoms with van der Waals surface area (Å²) in [6.45, 7) is 0. The first-order valence-corrected chi connectivity index (χ1v) is 5.18. The van der Waals surface area contributed by atoms with E-state index in [9.17, 15) is 13.2 Å². The van der Waals surface area contributed by atoms with Crippen LogP contribution in [0.1, 0.15) is 24.8 Å². The Kier molecular flexibility index (Phi) is 4.73. The van der Waals surface area contributed by atoms with Gasteiger partial charge in [-0.15, -0.1) is 0 Å². The van der Waals surface area contributed by atoms with Crippen LogP contribution in [0.3, 0.4) is 0 Å². The van der Waals surface area contributed by atoms with Gasteiger partial charge < -0.3 is 5.73 Å². The summed E-state index contributed by atoms with van der Waals surface area (Å²) in [6, 6.07) is 3.29. The van der Waals surface area contributed by atoms with Gasteiger partial charge in [0.15, 0.2) is 0 Å². The maximum absolute atomic E-state index is 11.9. The maximum Gasteiger partial charge on any atom is 0.389 e. The number of aryl methyl sites for hydroxylation is 1. The van der Waals surface area contributed by atoms with Crippen molar-refractivity contribution in [2.45, 2.75) is 37.9 Å². The number of alkyl halides is 3. The van der Waals surface area contributed by atoms with Crippen molar-refractivity contribution in [1.82, 2.24) is 4.98 Å². The van der Waals surface area contributed by atoms with E-state index >= 15 is 0 Å². The molecule has 0 bridgehead atoms. The highest BCUT2D eigenvalue weighted by molar-refractivity contribution is 5.09.